The van der Waals surface area contributed by atoms with Crippen molar-refractivity contribution < 1.29 is 8.85 Å². The maximum absolute atomic E-state index is 6.13. The average Bonchev–Trinajstić information content (AvgIpc) is 2.45. The van der Waals surface area contributed by atoms with Crippen LogP contribution in [0.25, 0.3) is 0 Å². The zero-order chi connectivity index (χ0) is 14.8. The highest BCUT2D eigenvalue weighted by atomic mass is 35.5. The number of halogens is 1. The van der Waals surface area contributed by atoms with Gasteiger partial charge in [-0.1, -0.05) is 50.9 Å². The third kappa shape index (κ3) is 5.96. The van der Waals surface area contributed by atoms with Crippen LogP contribution in [0, 0.1) is 0 Å². The predicted octanol–water partition coefficient (Wildman–Crippen LogP) is 5.10. The molecular formula is C16H26ClO2Si. The summed E-state index contributed by atoms with van der Waals surface area (Å²) in [5, 5.41) is 0.788. The Labute approximate surface area is 130 Å². The molecule has 1 rings (SSSR count). The van der Waals surface area contributed by atoms with Crippen LogP contribution in [-0.2, 0) is 8.85 Å². The van der Waals surface area contributed by atoms with Gasteiger partial charge in [0.25, 0.3) is 0 Å². The van der Waals surface area contributed by atoms with E-state index < -0.39 is 9.28 Å². The Kier molecular flexibility index (Phi) is 9.19. The van der Waals surface area contributed by atoms with Gasteiger partial charge in [0.2, 0.25) is 0 Å². The van der Waals surface area contributed by atoms with Gasteiger partial charge in [0.05, 0.1) is 0 Å². The van der Waals surface area contributed by atoms with E-state index in [1.165, 1.54) is 5.56 Å². The van der Waals surface area contributed by atoms with Gasteiger partial charge >= 0.3 is 9.28 Å². The zero-order valence-corrected chi connectivity index (χ0v) is 14.6. The lowest BCUT2D eigenvalue weighted by Crippen LogP contribution is -2.32. The van der Waals surface area contributed by atoms with Gasteiger partial charge in [-0.2, -0.15) is 0 Å². The molecule has 0 spiro atoms. The van der Waals surface area contributed by atoms with Gasteiger partial charge in [0.1, 0.15) is 0 Å². The van der Waals surface area contributed by atoms with Crippen molar-refractivity contribution in [1.82, 2.24) is 0 Å². The minimum atomic E-state index is -1.30. The molecule has 113 valence electrons. The molecule has 0 bridgehead atoms. The second-order valence-corrected chi connectivity index (χ2v) is 7.26. The highest BCUT2D eigenvalue weighted by Crippen LogP contribution is 2.27. The molecule has 0 fully saturated rings. The van der Waals surface area contributed by atoms with Gasteiger partial charge in [0.15, 0.2) is 0 Å². The molecule has 1 aromatic carbocycles. The van der Waals surface area contributed by atoms with Crippen molar-refractivity contribution in [2.24, 2.45) is 0 Å². The molecule has 0 aliphatic rings. The van der Waals surface area contributed by atoms with Crippen LogP contribution in [0.5, 0.6) is 0 Å². The van der Waals surface area contributed by atoms with Crippen molar-refractivity contribution in [3.8, 4) is 0 Å². The molecule has 1 unspecified atom stereocenters. The minimum Gasteiger partial charge on any atom is -0.393 e. The number of benzene rings is 1. The molecule has 0 heterocycles. The molecule has 20 heavy (non-hydrogen) atoms. The Morgan fingerprint density at radius 2 is 1.70 bits per heavy atom. The Morgan fingerprint density at radius 3 is 2.20 bits per heavy atom. The van der Waals surface area contributed by atoms with Crippen LogP contribution in [0.4, 0.5) is 0 Å². The van der Waals surface area contributed by atoms with E-state index in [4.69, 9.17) is 20.5 Å². The average molecular weight is 314 g/mol. The van der Waals surface area contributed by atoms with Crippen LogP contribution in [0.2, 0.25) is 5.02 Å². The number of hydrogen-bond acceptors (Lipinski definition) is 2. The predicted molar refractivity (Wildman–Crippen MR) is 87.3 cm³/mol. The van der Waals surface area contributed by atoms with E-state index in [1.807, 2.05) is 12.1 Å². The van der Waals surface area contributed by atoms with Crippen molar-refractivity contribution in [1.29, 1.82) is 0 Å². The molecule has 1 radical (unpaired) electrons. The summed E-state index contributed by atoms with van der Waals surface area (Å²) in [6.45, 7) is 8.02. The van der Waals surface area contributed by atoms with E-state index >= 15 is 0 Å². The van der Waals surface area contributed by atoms with Gasteiger partial charge in [-0.05, 0) is 37.0 Å². The molecular weight excluding hydrogens is 288 g/mol. The van der Waals surface area contributed by atoms with Gasteiger partial charge in [-0.3, -0.25) is 0 Å². The fraction of sp³-hybridized carbons (Fsp3) is 0.625. The lowest BCUT2D eigenvalue weighted by atomic mass is 10.1. The first kappa shape index (κ1) is 17.7. The van der Waals surface area contributed by atoms with E-state index in [9.17, 15) is 0 Å². The molecule has 0 aliphatic heterocycles. The van der Waals surface area contributed by atoms with Crippen molar-refractivity contribution in [2.45, 2.75) is 52.0 Å². The first-order chi connectivity index (χ1) is 9.72. The molecule has 0 N–H and O–H groups in total. The smallest absolute Gasteiger partial charge is 0.392 e. The van der Waals surface area contributed by atoms with Crippen molar-refractivity contribution in [2.75, 3.05) is 13.2 Å². The van der Waals surface area contributed by atoms with Gasteiger partial charge < -0.3 is 8.85 Å². The quantitative estimate of drug-likeness (QED) is 0.559. The standard InChI is InChI=1S/C16H26ClO2Si/c1-4-8-16(14-9-7-10-15(17)13-14)20(18-11-5-2)19-12-6-3/h7,9-10,13,16H,4-6,8,11-12H2,1-3H3. The van der Waals surface area contributed by atoms with E-state index in [2.05, 4.69) is 32.9 Å². The molecule has 2 nitrogen and oxygen atoms in total. The summed E-state index contributed by atoms with van der Waals surface area (Å²) in [5.74, 6) is 0. The molecule has 1 aromatic rings. The third-order valence-electron chi connectivity index (χ3n) is 3.01. The van der Waals surface area contributed by atoms with Crippen LogP contribution in [0.15, 0.2) is 24.3 Å². The molecule has 1 atom stereocenters. The summed E-state index contributed by atoms with van der Waals surface area (Å²) >= 11 is 6.13. The summed E-state index contributed by atoms with van der Waals surface area (Å²) in [4.78, 5) is 0. The molecule has 0 saturated heterocycles. The Hall–Kier alpha value is -0.353. The first-order valence-corrected chi connectivity index (χ1v) is 9.37. The second-order valence-electron chi connectivity index (χ2n) is 4.91. The van der Waals surface area contributed by atoms with Crippen LogP contribution < -0.4 is 0 Å². The van der Waals surface area contributed by atoms with Crippen LogP contribution in [-0.4, -0.2) is 22.5 Å². The highest BCUT2D eigenvalue weighted by Gasteiger charge is 2.29. The SMILES string of the molecule is CCCO[Si](OCCC)C(CCC)c1cccc(Cl)c1. The van der Waals surface area contributed by atoms with Crippen LogP contribution in [0.1, 0.15) is 57.6 Å². The van der Waals surface area contributed by atoms with Gasteiger partial charge in [0, 0.05) is 23.8 Å². The molecule has 0 aliphatic carbocycles. The van der Waals surface area contributed by atoms with E-state index in [0.29, 0.717) is 5.54 Å². The van der Waals surface area contributed by atoms with Crippen molar-refractivity contribution >= 4 is 20.9 Å². The maximum atomic E-state index is 6.13. The topological polar surface area (TPSA) is 18.5 Å². The zero-order valence-electron chi connectivity index (χ0n) is 12.8. The minimum absolute atomic E-state index is 0.349. The summed E-state index contributed by atoms with van der Waals surface area (Å²) in [6, 6.07) is 8.12. The molecule has 0 amide bonds. The second kappa shape index (κ2) is 10.4. The fourth-order valence-corrected chi connectivity index (χ4v) is 4.55. The Bertz CT molecular complexity index is 365. The summed E-state index contributed by atoms with van der Waals surface area (Å²) < 4.78 is 12.1. The number of rotatable bonds is 10. The highest BCUT2D eigenvalue weighted by molar-refractivity contribution is 6.46. The molecule has 4 heteroatoms. The first-order valence-electron chi connectivity index (χ1n) is 7.60. The maximum Gasteiger partial charge on any atom is 0.392 e. The lowest BCUT2D eigenvalue weighted by molar-refractivity contribution is 0.187. The summed E-state index contributed by atoms with van der Waals surface area (Å²) in [5.41, 5.74) is 1.60. The Morgan fingerprint density at radius 1 is 1.05 bits per heavy atom. The largest absolute Gasteiger partial charge is 0.393 e. The van der Waals surface area contributed by atoms with Crippen molar-refractivity contribution in [3.63, 3.8) is 0 Å². The van der Waals surface area contributed by atoms with E-state index in [0.717, 1.165) is 43.9 Å². The summed E-state index contributed by atoms with van der Waals surface area (Å²) in [7, 11) is -1.30. The van der Waals surface area contributed by atoms with E-state index in [1.54, 1.807) is 0 Å². The van der Waals surface area contributed by atoms with Gasteiger partial charge in [-0.15, -0.1) is 0 Å². The normalized spacial score (nSPS) is 12.8. The Balaban J connectivity index is 2.87. The van der Waals surface area contributed by atoms with Crippen LogP contribution in [0.3, 0.4) is 0 Å². The number of hydrogen-bond donors (Lipinski definition) is 0. The van der Waals surface area contributed by atoms with E-state index in [-0.39, 0.29) is 0 Å². The monoisotopic (exact) mass is 313 g/mol. The summed E-state index contributed by atoms with van der Waals surface area (Å²) in [6.07, 6.45) is 4.26. The molecule has 0 saturated carbocycles. The van der Waals surface area contributed by atoms with Gasteiger partial charge in [-0.25, -0.2) is 0 Å². The molecule has 0 aromatic heterocycles. The van der Waals surface area contributed by atoms with Crippen LogP contribution >= 0.6 is 11.6 Å². The lowest BCUT2D eigenvalue weighted by Gasteiger charge is -2.24. The fourth-order valence-electron chi connectivity index (χ4n) is 2.08. The van der Waals surface area contributed by atoms with Crippen molar-refractivity contribution in [3.05, 3.63) is 34.9 Å². The third-order valence-corrected chi connectivity index (χ3v) is 5.41.